The van der Waals surface area contributed by atoms with E-state index in [-0.39, 0.29) is 24.3 Å². The number of ether oxygens (including phenoxy) is 2. The molecule has 40 heavy (non-hydrogen) atoms. The van der Waals surface area contributed by atoms with Crippen LogP contribution in [0.3, 0.4) is 0 Å². The van der Waals surface area contributed by atoms with Gasteiger partial charge in [0.25, 0.3) is 0 Å². The van der Waals surface area contributed by atoms with Crippen molar-refractivity contribution in [3.05, 3.63) is 48.0 Å². The molecule has 0 amide bonds. The van der Waals surface area contributed by atoms with Gasteiger partial charge in [0.15, 0.2) is 16.6 Å². The molecular weight excluding hydrogens is 533 g/mol. The Labute approximate surface area is 248 Å². The summed E-state index contributed by atoms with van der Waals surface area (Å²) in [6.45, 7) is 18.5. The van der Waals surface area contributed by atoms with Gasteiger partial charge in [-0.15, -0.1) is 0 Å². The van der Waals surface area contributed by atoms with Crippen LogP contribution in [0.15, 0.2) is 42.5 Å². The Morgan fingerprint density at radius 1 is 0.775 bits per heavy atom. The fourth-order valence-electron chi connectivity index (χ4n) is 5.34. The van der Waals surface area contributed by atoms with E-state index in [9.17, 15) is 4.79 Å². The molecule has 0 aliphatic carbocycles. The van der Waals surface area contributed by atoms with E-state index >= 15 is 0 Å². The molecule has 0 aliphatic rings. The van der Waals surface area contributed by atoms with Crippen LogP contribution in [0, 0.1) is 0 Å². The van der Waals surface area contributed by atoms with Crippen molar-refractivity contribution < 1.29 is 23.1 Å². The van der Waals surface area contributed by atoms with E-state index < -0.39 is 16.6 Å². The summed E-state index contributed by atoms with van der Waals surface area (Å²) in [7, 11) is -3.87. The highest BCUT2D eigenvalue weighted by molar-refractivity contribution is 6.74. The first kappa shape index (κ1) is 36.8. The van der Waals surface area contributed by atoms with Crippen LogP contribution in [0.2, 0.25) is 36.3 Å². The third-order valence-corrected chi connectivity index (χ3v) is 17.9. The second-order valence-corrected chi connectivity index (χ2v) is 20.5. The third kappa shape index (κ3) is 13.2. The second-order valence-electron chi connectivity index (χ2n) is 11.1. The maximum atomic E-state index is 11.9. The average molecular weight is 593 g/mol. The van der Waals surface area contributed by atoms with Crippen LogP contribution in [0.25, 0.3) is 0 Å². The van der Waals surface area contributed by atoms with Gasteiger partial charge in [0.05, 0.1) is 18.8 Å². The smallest absolute Gasteiger partial charge is 0.303 e. The number of carbonyl (C=O) groups is 1. The monoisotopic (exact) mass is 592 g/mol. The number of carbonyl (C=O) groups excluding carboxylic acids is 1. The summed E-state index contributed by atoms with van der Waals surface area (Å²) < 4.78 is 26.3. The molecule has 1 aromatic carbocycles. The first-order valence-corrected chi connectivity index (χ1v) is 21.1. The highest BCUT2D eigenvalue weighted by Gasteiger charge is 2.38. The Balaban J connectivity index is 3.33. The van der Waals surface area contributed by atoms with Crippen LogP contribution in [0.4, 0.5) is 0 Å². The summed E-state index contributed by atoms with van der Waals surface area (Å²) in [5.41, 5.74) is 1.18. The molecule has 0 saturated heterocycles. The van der Waals surface area contributed by atoms with Gasteiger partial charge in [0.2, 0.25) is 0 Å². The van der Waals surface area contributed by atoms with E-state index in [0.29, 0.717) is 13.2 Å². The van der Waals surface area contributed by atoms with Crippen LogP contribution in [-0.4, -0.2) is 47.5 Å². The molecule has 230 valence electrons. The van der Waals surface area contributed by atoms with E-state index in [1.165, 1.54) is 12.5 Å². The van der Waals surface area contributed by atoms with Crippen molar-refractivity contribution in [2.45, 2.75) is 149 Å². The Morgan fingerprint density at radius 3 is 1.88 bits per heavy atom. The van der Waals surface area contributed by atoms with Crippen molar-refractivity contribution in [2.24, 2.45) is 0 Å². The summed E-state index contributed by atoms with van der Waals surface area (Å²) in [6, 6.07) is 16.8. The number of hydrogen-bond acceptors (Lipinski definition) is 5. The second kappa shape index (κ2) is 20.6. The topological polar surface area (TPSA) is 54.0 Å². The Morgan fingerprint density at radius 2 is 1.35 bits per heavy atom. The highest BCUT2D eigenvalue weighted by atomic mass is 28.4. The average Bonchev–Trinajstić information content (AvgIpc) is 2.98. The molecule has 0 N–H and O–H groups in total. The molecule has 3 atom stereocenters. The first-order valence-electron chi connectivity index (χ1n) is 16.1. The minimum atomic E-state index is -1.95. The van der Waals surface area contributed by atoms with Crippen molar-refractivity contribution in [3.63, 3.8) is 0 Å². The normalized spacial score (nSPS) is 14.8. The van der Waals surface area contributed by atoms with E-state index in [1.54, 1.807) is 0 Å². The molecule has 0 fully saturated rings. The number of rotatable bonds is 23. The molecule has 1 aromatic rings. The van der Waals surface area contributed by atoms with Gasteiger partial charge in [0.1, 0.15) is 6.10 Å². The molecule has 7 heteroatoms. The third-order valence-electron chi connectivity index (χ3n) is 8.60. The van der Waals surface area contributed by atoms with Crippen molar-refractivity contribution >= 4 is 22.6 Å². The maximum absolute atomic E-state index is 11.9. The van der Waals surface area contributed by atoms with Gasteiger partial charge >= 0.3 is 5.97 Å². The number of unbranched alkanes of at least 4 members (excludes halogenated alkanes) is 2. The molecule has 0 aliphatic heterocycles. The number of hydrogen-bond donors (Lipinski definition) is 0. The van der Waals surface area contributed by atoms with Gasteiger partial charge < -0.3 is 18.3 Å². The fourth-order valence-corrected chi connectivity index (χ4v) is 11.0. The predicted octanol–water partition coefficient (Wildman–Crippen LogP) is 9.44. The molecule has 0 aromatic heterocycles. The van der Waals surface area contributed by atoms with Gasteiger partial charge in [-0.3, -0.25) is 4.79 Å². The summed E-state index contributed by atoms with van der Waals surface area (Å²) >= 11 is 0. The number of benzene rings is 1. The molecule has 0 spiro atoms. The molecule has 0 saturated carbocycles. The van der Waals surface area contributed by atoms with Crippen molar-refractivity contribution in [1.82, 2.24) is 0 Å². The van der Waals surface area contributed by atoms with E-state index in [0.717, 1.165) is 68.4 Å². The minimum absolute atomic E-state index is 0.0938. The molecule has 0 unspecified atom stereocenters. The molecule has 0 bridgehead atoms. The predicted molar refractivity (Wildman–Crippen MR) is 174 cm³/mol. The Hall–Kier alpha value is -1.26. The van der Waals surface area contributed by atoms with Crippen molar-refractivity contribution in [1.29, 1.82) is 0 Å². The zero-order valence-corrected chi connectivity index (χ0v) is 29.0. The lowest BCUT2D eigenvalue weighted by Gasteiger charge is -2.40. The number of esters is 1. The van der Waals surface area contributed by atoms with Crippen LogP contribution in [0.5, 0.6) is 0 Å². The quantitative estimate of drug-likeness (QED) is 0.0548. The lowest BCUT2D eigenvalue weighted by Crippen LogP contribution is -2.49. The van der Waals surface area contributed by atoms with E-state index in [1.807, 2.05) is 18.2 Å². The van der Waals surface area contributed by atoms with Crippen LogP contribution in [-0.2, 0) is 29.7 Å². The van der Waals surface area contributed by atoms with Gasteiger partial charge in [-0.1, -0.05) is 97.7 Å². The lowest BCUT2D eigenvalue weighted by molar-refractivity contribution is -0.144. The first-order chi connectivity index (χ1) is 19.3. The standard InChI is InChI=1S/C33H60O5Si2/c1-9-16-18-23-31(36-29(8)34)24-25-32(37-39(10-2,11-3)12-4)33(38-40(13-5,14-6)15-7)26-27-35-28-30-21-19-17-20-22-30/h17,19-22,24-25,31-33H,9-16,18,23,26-28H2,1-8H3/b25-24+/t31-,32+,33+/m0/s1. The van der Waals surface area contributed by atoms with Gasteiger partial charge in [-0.2, -0.15) is 0 Å². The Bertz CT molecular complexity index is 792. The van der Waals surface area contributed by atoms with Crippen molar-refractivity contribution in [3.8, 4) is 0 Å². The molecular formula is C33H60O5Si2. The van der Waals surface area contributed by atoms with E-state index in [2.05, 4.69) is 72.8 Å². The van der Waals surface area contributed by atoms with E-state index in [4.69, 9.17) is 18.3 Å². The largest absolute Gasteiger partial charge is 0.458 e. The molecule has 5 nitrogen and oxygen atoms in total. The van der Waals surface area contributed by atoms with Crippen molar-refractivity contribution in [2.75, 3.05) is 6.61 Å². The van der Waals surface area contributed by atoms with Crippen LogP contribution >= 0.6 is 0 Å². The molecule has 0 radical (unpaired) electrons. The van der Waals surface area contributed by atoms with Crippen LogP contribution in [0.1, 0.15) is 93.1 Å². The summed E-state index contributed by atoms with van der Waals surface area (Å²) in [5, 5.41) is 0. The Kier molecular flexibility index (Phi) is 18.9. The van der Waals surface area contributed by atoms with Gasteiger partial charge in [-0.25, -0.2) is 0 Å². The zero-order valence-electron chi connectivity index (χ0n) is 27.0. The lowest BCUT2D eigenvalue weighted by atomic mass is 10.1. The zero-order chi connectivity index (χ0) is 29.9. The van der Waals surface area contributed by atoms with Gasteiger partial charge in [0, 0.05) is 13.5 Å². The molecule has 1 rings (SSSR count). The fraction of sp³-hybridized carbons (Fsp3) is 0.727. The minimum Gasteiger partial charge on any atom is -0.458 e. The van der Waals surface area contributed by atoms with Gasteiger partial charge in [-0.05, 0) is 67.2 Å². The summed E-state index contributed by atoms with van der Waals surface area (Å²) in [6.07, 6.45) is 8.63. The maximum Gasteiger partial charge on any atom is 0.303 e. The summed E-state index contributed by atoms with van der Waals surface area (Å²) in [5.74, 6) is -0.237. The molecule has 0 heterocycles. The van der Waals surface area contributed by atoms with Crippen LogP contribution < -0.4 is 0 Å². The summed E-state index contributed by atoms with van der Waals surface area (Å²) in [4.78, 5) is 11.9. The highest BCUT2D eigenvalue weighted by Crippen LogP contribution is 2.31. The SMILES string of the molecule is CCCCC[C@@H](/C=C/[C@@H](O[Si](CC)(CC)CC)[C@@H](CCOCc1ccccc1)O[Si](CC)(CC)CC)OC(C)=O.